The van der Waals surface area contributed by atoms with Gasteiger partial charge in [-0.3, -0.25) is 9.59 Å². The highest BCUT2D eigenvalue weighted by Crippen LogP contribution is 2.16. The Labute approximate surface area is 159 Å². The molecule has 0 radical (unpaired) electrons. The highest BCUT2D eigenvalue weighted by Gasteiger charge is 2.25. The minimum atomic E-state index is -0.135. The van der Waals surface area contributed by atoms with E-state index in [0.717, 1.165) is 11.3 Å². The van der Waals surface area contributed by atoms with E-state index in [2.05, 4.69) is 0 Å². The predicted octanol–water partition coefficient (Wildman–Crippen LogP) is 3.06. The number of hydrogen-bond acceptors (Lipinski definition) is 4. The van der Waals surface area contributed by atoms with Crippen molar-refractivity contribution in [3.8, 4) is 5.75 Å². The quantitative estimate of drug-likeness (QED) is 0.761. The Bertz CT molecular complexity index is 803. The smallest absolute Gasteiger partial charge is 0.289 e. The largest absolute Gasteiger partial charge is 0.491 e. The van der Waals surface area contributed by atoms with Crippen LogP contribution in [0.3, 0.4) is 0 Å². The van der Waals surface area contributed by atoms with Crippen LogP contribution in [0.1, 0.15) is 30.0 Å². The van der Waals surface area contributed by atoms with Crippen LogP contribution in [0, 0.1) is 0 Å². The lowest BCUT2D eigenvalue weighted by atomic mass is 10.2. The summed E-state index contributed by atoms with van der Waals surface area (Å²) in [6, 6.07) is 11.0. The molecule has 3 rings (SSSR count). The van der Waals surface area contributed by atoms with E-state index in [1.807, 2.05) is 38.1 Å². The molecule has 27 heavy (non-hydrogen) atoms. The zero-order valence-electron chi connectivity index (χ0n) is 15.6. The van der Waals surface area contributed by atoms with Crippen LogP contribution in [0.5, 0.6) is 5.75 Å². The number of piperazine rings is 1. The maximum atomic E-state index is 12.4. The Hall–Kier alpha value is -3.02. The van der Waals surface area contributed by atoms with Crippen molar-refractivity contribution in [1.29, 1.82) is 0 Å². The van der Waals surface area contributed by atoms with E-state index in [1.54, 1.807) is 34.1 Å². The van der Waals surface area contributed by atoms with Gasteiger partial charge in [0.25, 0.3) is 5.91 Å². The van der Waals surface area contributed by atoms with Crippen LogP contribution in [-0.2, 0) is 4.79 Å². The van der Waals surface area contributed by atoms with Gasteiger partial charge in [-0.05, 0) is 49.8 Å². The molecule has 142 valence electrons. The maximum Gasteiger partial charge on any atom is 0.289 e. The highest BCUT2D eigenvalue weighted by molar-refractivity contribution is 5.93. The zero-order chi connectivity index (χ0) is 19.2. The van der Waals surface area contributed by atoms with Gasteiger partial charge < -0.3 is 19.0 Å². The second-order valence-electron chi connectivity index (χ2n) is 6.67. The lowest BCUT2D eigenvalue weighted by Crippen LogP contribution is -2.50. The Kier molecular flexibility index (Phi) is 5.96. The van der Waals surface area contributed by atoms with Gasteiger partial charge in [0.2, 0.25) is 5.91 Å². The third-order valence-corrected chi connectivity index (χ3v) is 4.26. The van der Waals surface area contributed by atoms with Gasteiger partial charge in [0.1, 0.15) is 5.75 Å². The van der Waals surface area contributed by atoms with Crippen LogP contribution >= 0.6 is 0 Å². The van der Waals surface area contributed by atoms with Crippen molar-refractivity contribution in [2.75, 3.05) is 26.2 Å². The number of benzene rings is 1. The first-order valence-electron chi connectivity index (χ1n) is 9.09. The van der Waals surface area contributed by atoms with Crippen molar-refractivity contribution in [3.05, 3.63) is 60.1 Å². The average molecular weight is 368 g/mol. The van der Waals surface area contributed by atoms with E-state index >= 15 is 0 Å². The molecule has 1 saturated heterocycles. The summed E-state index contributed by atoms with van der Waals surface area (Å²) in [4.78, 5) is 28.1. The van der Waals surface area contributed by atoms with E-state index < -0.39 is 0 Å². The van der Waals surface area contributed by atoms with Crippen LogP contribution < -0.4 is 4.74 Å². The van der Waals surface area contributed by atoms with Gasteiger partial charge in [-0.25, -0.2) is 0 Å². The van der Waals surface area contributed by atoms with Crippen LogP contribution in [0.2, 0.25) is 0 Å². The van der Waals surface area contributed by atoms with Gasteiger partial charge in [-0.15, -0.1) is 0 Å². The van der Waals surface area contributed by atoms with Crippen LogP contribution in [0.4, 0.5) is 0 Å². The SMILES string of the molecule is CC(C)Oc1cccc(/C=C/C(=O)N2CCN(C(=O)c3ccco3)CC2)c1. The molecule has 0 aliphatic carbocycles. The summed E-state index contributed by atoms with van der Waals surface area (Å²) in [6.07, 6.45) is 4.94. The standard InChI is InChI=1S/C21H24N2O4/c1-16(2)27-18-6-3-5-17(15-18)8-9-20(24)22-10-12-23(13-11-22)21(25)19-7-4-14-26-19/h3-9,14-16H,10-13H2,1-2H3/b9-8+. The fourth-order valence-corrected chi connectivity index (χ4v) is 2.92. The number of amides is 2. The minimum Gasteiger partial charge on any atom is -0.491 e. The van der Waals surface area contributed by atoms with Crippen molar-refractivity contribution in [3.63, 3.8) is 0 Å². The molecule has 1 aliphatic heterocycles. The third-order valence-electron chi connectivity index (χ3n) is 4.26. The topological polar surface area (TPSA) is 63.0 Å². The summed E-state index contributed by atoms with van der Waals surface area (Å²) in [7, 11) is 0. The van der Waals surface area contributed by atoms with Crippen LogP contribution in [0.15, 0.2) is 53.2 Å². The number of carbonyl (C=O) groups is 2. The number of furan rings is 1. The third kappa shape index (κ3) is 5.00. The van der Waals surface area contributed by atoms with Crippen molar-refractivity contribution >= 4 is 17.9 Å². The lowest BCUT2D eigenvalue weighted by molar-refractivity contribution is -0.127. The molecule has 0 saturated carbocycles. The Morgan fingerprint density at radius 2 is 1.81 bits per heavy atom. The number of ether oxygens (including phenoxy) is 1. The highest BCUT2D eigenvalue weighted by atomic mass is 16.5. The second kappa shape index (κ2) is 8.58. The first-order chi connectivity index (χ1) is 13.0. The second-order valence-corrected chi connectivity index (χ2v) is 6.67. The van der Waals surface area contributed by atoms with Gasteiger partial charge in [0.05, 0.1) is 12.4 Å². The first kappa shape index (κ1) is 18.8. The molecule has 1 aromatic heterocycles. The predicted molar refractivity (Wildman–Crippen MR) is 102 cm³/mol. The van der Waals surface area contributed by atoms with Gasteiger partial charge in [-0.2, -0.15) is 0 Å². The van der Waals surface area contributed by atoms with Crippen LogP contribution in [-0.4, -0.2) is 53.9 Å². The Balaban J connectivity index is 1.53. The molecular weight excluding hydrogens is 344 g/mol. The molecule has 6 heteroatoms. The summed E-state index contributed by atoms with van der Waals surface area (Å²) in [5.74, 6) is 0.919. The number of rotatable bonds is 5. The molecule has 2 heterocycles. The van der Waals surface area contributed by atoms with Crippen molar-refractivity contribution in [2.45, 2.75) is 20.0 Å². The Morgan fingerprint density at radius 3 is 2.48 bits per heavy atom. The molecule has 6 nitrogen and oxygen atoms in total. The maximum absolute atomic E-state index is 12.4. The fourth-order valence-electron chi connectivity index (χ4n) is 2.92. The molecule has 0 atom stereocenters. The van der Waals surface area contributed by atoms with E-state index in [-0.39, 0.29) is 17.9 Å². The Morgan fingerprint density at radius 1 is 1.07 bits per heavy atom. The summed E-state index contributed by atoms with van der Waals surface area (Å²) in [6.45, 7) is 5.95. The monoisotopic (exact) mass is 368 g/mol. The van der Waals surface area contributed by atoms with E-state index in [0.29, 0.717) is 31.9 Å². The average Bonchev–Trinajstić information content (AvgIpc) is 3.20. The van der Waals surface area contributed by atoms with Gasteiger partial charge in [-0.1, -0.05) is 12.1 Å². The summed E-state index contributed by atoms with van der Waals surface area (Å²) in [5.41, 5.74) is 0.910. The fraction of sp³-hybridized carbons (Fsp3) is 0.333. The van der Waals surface area contributed by atoms with Crippen molar-refractivity contribution < 1.29 is 18.7 Å². The number of carbonyl (C=O) groups excluding carboxylic acids is 2. The molecule has 2 amide bonds. The van der Waals surface area contributed by atoms with Gasteiger partial charge >= 0.3 is 0 Å². The molecule has 1 aliphatic rings. The minimum absolute atomic E-state index is 0.0599. The molecule has 0 N–H and O–H groups in total. The molecule has 2 aromatic rings. The first-order valence-corrected chi connectivity index (χ1v) is 9.09. The van der Waals surface area contributed by atoms with E-state index in [9.17, 15) is 9.59 Å². The molecular formula is C21H24N2O4. The summed E-state index contributed by atoms with van der Waals surface area (Å²) < 4.78 is 10.8. The number of hydrogen-bond donors (Lipinski definition) is 0. The van der Waals surface area contributed by atoms with E-state index in [1.165, 1.54) is 6.26 Å². The molecule has 1 fully saturated rings. The van der Waals surface area contributed by atoms with Gasteiger partial charge in [0, 0.05) is 32.3 Å². The lowest BCUT2D eigenvalue weighted by Gasteiger charge is -2.33. The van der Waals surface area contributed by atoms with Crippen molar-refractivity contribution in [2.24, 2.45) is 0 Å². The summed E-state index contributed by atoms with van der Waals surface area (Å²) in [5, 5.41) is 0. The summed E-state index contributed by atoms with van der Waals surface area (Å²) >= 11 is 0. The molecule has 0 unspecified atom stereocenters. The normalized spacial score (nSPS) is 14.8. The van der Waals surface area contributed by atoms with E-state index in [4.69, 9.17) is 9.15 Å². The zero-order valence-corrected chi connectivity index (χ0v) is 15.6. The van der Waals surface area contributed by atoms with Crippen LogP contribution in [0.25, 0.3) is 6.08 Å². The number of nitrogens with zero attached hydrogens (tertiary/aromatic N) is 2. The molecule has 0 bridgehead atoms. The molecule has 0 spiro atoms. The van der Waals surface area contributed by atoms with Crippen molar-refractivity contribution in [1.82, 2.24) is 9.80 Å². The molecule has 1 aromatic carbocycles. The van der Waals surface area contributed by atoms with Gasteiger partial charge in [0.15, 0.2) is 5.76 Å².